The van der Waals surface area contributed by atoms with Gasteiger partial charge in [0.05, 0.1) is 24.9 Å². The van der Waals surface area contributed by atoms with Crippen LogP contribution in [0.1, 0.15) is 136 Å². The summed E-state index contributed by atoms with van der Waals surface area (Å²) in [5.41, 5.74) is 0. The first-order chi connectivity index (χ1) is 26.5. The van der Waals surface area contributed by atoms with Gasteiger partial charge in [0.15, 0.2) is 6.10 Å². The highest BCUT2D eigenvalue weighted by Gasteiger charge is 2.23. The Morgan fingerprint density at radius 3 is 1.85 bits per heavy atom. The van der Waals surface area contributed by atoms with Crippen molar-refractivity contribution >= 4 is 19.8 Å². The Hall–Kier alpha value is -2.89. The molecule has 0 aliphatic rings. The van der Waals surface area contributed by atoms with Crippen molar-refractivity contribution in [1.82, 2.24) is 0 Å². The molecular formula is C43H71O11P. The number of rotatable bonds is 35. The van der Waals surface area contributed by atoms with Crippen molar-refractivity contribution in [3.8, 4) is 0 Å². The number of aliphatic hydroxyl groups excluding tert-OH is 3. The third-order valence-electron chi connectivity index (χ3n) is 8.24. The molecule has 11 nitrogen and oxygen atoms in total. The maximum Gasteiger partial charge on any atom is 0.469 e. The van der Waals surface area contributed by atoms with Crippen LogP contribution in [0.2, 0.25) is 0 Å². The van der Waals surface area contributed by atoms with Crippen LogP contribution in [0.15, 0.2) is 85.1 Å². The Kier molecular flexibility index (Phi) is 34.8. The van der Waals surface area contributed by atoms with E-state index in [1.54, 1.807) is 42.5 Å². The van der Waals surface area contributed by atoms with Crippen molar-refractivity contribution in [1.29, 1.82) is 0 Å². The second kappa shape index (κ2) is 36.7. The molecule has 5 N–H and O–H groups in total. The normalized spacial score (nSPS) is 15.1. The fourth-order valence-electron chi connectivity index (χ4n) is 5.10. The molecule has 0 amide bonds. The number of carbonyl (C=O) groups is 2. The topological polar surface area (TPSA) is 180 Å². The summed E-state index contributed by atoms with van der Waals surface area (Å²) in [6, 6.07) is 0. The summed E-state index contributed by atoms with van der Waals surface area (Å²) in [5, 5.41) is 30.3. The van der Waals surface area contributed by atoms with Crippen molar-refractivity contribution < 1.29 is 53.3 Å². The predicted octanol–water partition coefficient (Wildman–Crippen LogP) is 8.98. The maximum atomic E-state index is 12.4. The molecule has 0 spiro atoms. The second-order valence-electron chi connectivity index (χ2n) is 13.4. The molecule has 314 valence electrons. The minimum Gasteiger partial charge on any atom is -0.462 e. The van der Waals surface area contributed by atoms with E-state index in [2.05, 4.69) is 35.8 Å². The van der Waals surface area contributed by atoms with E-state index in [1.807, 2.05) is 19.1 Å². The smallest absolute Gasteiger partial charge is 0.462 e. The van der Waals surface area contributed by atoms with Gasteiger partial charge in [0.25, 0.3) is 0 Å². The van der Waals surface area contributed by atoms with Crippen molar-refractivity contribution in [3.05, 3.63) is 85.1 Å². The van der Waals surface area contributed by atoms with E-state index in [0.29, 0.717) is 12.8 Å². The first kappa shape index (κ1) is 52.1. The van der Waals surface area contributed by atoms with Gasteiger partial charge in [0, 0.05) is 12.8 Å². The number of ether oxygens (including phenoxy) is 2. The Bertz CT molecular complexity index is 1210. The average molecular weight is 795 g/mol. The van der Waals surface area contributed by atoms with Crippen LogP contribution in [0, 0.1) is 0 Å². The maximum absolute atomic E-state index is 12.4. The molecule has 0 unspecified atom stereocenters. The Balaban J connectivity index is 4.31. The molecule has 0 rings (SSSR count). The van der Waals surface area contributed by atoms with Gasteiger partial charge in [-0.15, -0.1) is 0 Å². The molecule has 0 aliphatic carbocycles. The number of carbonyl (C=O) groups excluding carboxylic acids is 2. The lowest BCUT2D eigenvalue weighted by Gasteiger charge is -2.19. The van der Waals surface area contributed by atoms with Gasteiger partial charge in [-0.25, -0.2) is 4.57 Å². The quantitative estimate of drug-likeness (QED) is 0.0136. The highest BCUT2D eigenvalue weighted by Crippen LogP contribution is 2.36. The van der Waals surface area contributed by atoms with Crippen LogP contribution in [-0.2, 0) is 28.2 Å². The van der Waals surface area contributed by atoms with Gasteiger partial charge in [0.2, 0.25) is 0 Å². The largest absolute Gasteiger partial charge is 0.469 e. The van der Waals surface area contributed by atoms with Gasteiger partial charge >= 0.3 is 19.8 Å². The van der Waals surface area contributed by atoms with Crippen LogP contribution < -0.4 is 0 Å². The zero-order valence-corrected chi connectivity index (χ0v) is 34.3. The average Bonchev–Trinajstić information content (AvgIpc) is 3.14. The molecule has 0 saturated carbocycles. The van der Waals surface area contributed by atoms with Crippen LogP contribution in [0.5, 0.6) is 0 Å². The molecule has 0 radical (unpaired) electrons. The lowest BCUT2D eigenvalue weighted by atomic mass is 10.1. The van der Waals surface area contributed by atoms with Crippen LogP contribution in [0.25, 0.3) is 0 Å². The van der Waals surface area contributed by atoms with Crippen molar-refractivity contribution in [2.24, 2.45) is 0 Å². The number of allylic oxidation sites excluding steroid dienone is 11. The number of phosphoric acid groups is 1. The van der Waals surface area contributed by atoms with E-state index >= 15 is 0 Å². The van der Waals surface area contributed by atoms with E-state index in [4.69, 9.17) is 19.3 Å². The molecule has 0 heterocycles. The minimum absolute atomic E-state index is 0.0815. The Morgan fingerprint density at radius 2 is 1.22 bits per heavy atom. The summed E-state index contributed by atoms with van der Waals surface area (Å²) < 4.78 is 26.1. The zero-order valence-electron chi connectivity index (χ0n) is 33.4. The van der Waals surface area contributed by atoms with Gasteiger partial charge in [0.1, 0.15) is 6.61 Å². The van der Waals surface area contributed by atoms with E-state index in [0.717, 1.165) is 44.9 Å². The van der Waals surface area contributed by atoms with Crippen LogP contribution in [0.4, 0.5) is 0 Å². The summed E-state index contributed by atoms with van der Waals surface area (Å²) in [5.74, 6) is -1.23. The lowest BCUT2D eigenvalue weighted by molar-refractivity contribution is -0.161. The fourth-order valence-corrected chi connectivity index (χ4v) is 5.46. The first-order valence-electron chi connectivity index (χ1n) is 20.2. The number of phosphoric ester groups is 1. The number of hydrogen-bond donors (Lipinski definition) is 5. The molecule has 4 atom stereocenters. The minimum atomic E-state index is -4.86. The van der Waals surface area contributed by atoms with E-state index in [1.165, 1.54) is 44.6 Å². The molecule has 0 aromatic carbocycles. The van der Waals surface area contributed by atoms with Crippen LogP contribution >= 0.6 is 7.82 Å². The van der Waals surface area contributed by atoms with E-state index in [9.17, 15) is 29.5 Å². The summed E-state index contributed by atoms with van der Waals surface area (Å²) in [6.45, 7) is 3.16. The third-order valence-corrected chi connectivity index (χ3v) is 8.73. The van der Waals surface area contributed by atoms with Crippen molar-refractivity contribution in [3.63, 3.8) is 0 Å². The highest BCUT2D eigenvalue weighted by molar-refractivity contribution is 7.46. The first-order valence-corrected chi connectivity index (χ1v) is 21.7. The molecule has 0 aromatic rings. The van der Waals surface area contributed by atoms with E-state index < -0.39 is 57.4 Å². The summed E-state index contributed by atoms with van der Waals surface area (Å²) in [6.07, 6.45) is 38.2. The zero-order chi connectivity index (χ0) is 40.8. The van der Waals surface area contributed by atoms with Crippen molar-refractivity contribution in [2.75, 3.05) is 13.2 Å². The van der Waals surface area contributed by atoms with Gasteiger partial charge in [-0.2, -0.15) is 0 Å². The SMILES string of the molecule is CC/C=C\C[C@H](O)/C=C/C=C/C=C\C=C/[C@@H](O)[C@H](O)CCCC(=O)O[C@H](COC(=O)CCCCCCCCC/C=C\C/C=C\CCCCC)COP(=O)(O)O. The lowest BCUT2D eigenvalue weighted by Crippen LogP contribution is -2.29. The van der Waals surface area contributed by atoms with Crippen molar-refractivity contribution in [2.45, 2.75) is 160 Å². The Morgan fingerprint density at radius 1 is 0.636 bits per heavy atom. The summed E-state index contributed by atoms with van der Waals surface area (Å²) >= 11 is 0. The summed E-state index contributed by atoms with van der Waals surface area (Å²) in [4.78, 5) is 42.9. The molecule has 12 heteroatoms. The molecule has 0 fully saturated rings. The Labute approximate surface area is 330 Å². The molecule has 0 aliphatic heterocycles. The summed E-state index contributed by atoms with van der Waals surface area (Å²) in [7, 11) is -4.86. The van der Waals surface area contributed by atoms with Crippen LogP contribution in [0.3, 0.4) is 0 Å². The molecule has 0 saturated heterocycles. The van der Waals surface area contributed by atoms with Gasteiger partial charge in [-0.1, -0.05) is 144 Å². The van der Waals surface area contributed by atoms with E-state index in [-0.39, 0.29) is 25.7 Å². The predicted molar refractivity (Wildman–Crippen MR) is 220 cm³/mol. The number of hydrogen-bond acceptors (Lipinski definition) is 9. The number of aliphatic hydroxyl groups is 3. The second-order valence-corrected chi connectivity index (χ2v) is 14.7. The third kappa shape index (κ3) is 37.8. The standard InChI is InChI=1S/C43H71O11P/c1-3-5-7-8-9-10-11-12-13-14-15-16-17-18-19-24-28-34-42(47)52-36-39(37-53-55(49,50)51)54-43(48)35-29-33-41(46)40(45)32-27-23-21-20-22-26-31-38(44)30-25-6-4-2/h6,9-10,12-13,20-23,25-27,31-32,38-41,44-46H,3-5,7-8,11,14-19,24,28-30,33-37H2,1-2H3,(H2,49,50,51)/b10-9-,13-12-,22-20+,23-21-,25-6-,31-26+,32-27-/t38-,39+,40+,41+/m0/s1. The van der Waals surface area contributed by atoms with Gasteiger partial charge < -0.3 is 34.6 Å². The molecule has 0 bridgehead atoms. The van der Waals surface area contributed by atoms with Gasteiger partial charge in [-0.05, 0) is 64.2 Å². The number of esters is 2. The molecule has 0 aromatic heterocycles. The fraction of sp³-hybridized carbons (Fsp3) is 0.628. The number of unbranched alkanes of at least 4 members (excludes halogenated alkanes) is 10. The monoisotopic (exact) mass is 794 g/mol. The molecular weight excluding hydrogens is 723 g/mol. The highest BCUT2D eigenvalue weighted by atomic mass is 31.2. The molecule has 55 heavy (non-hydrogen) atoms. The van der Waals surface area contributed by atoms with Gasteiger partial charge in [-0.3, -0.25) is 14.1 Å². The van der Waals surface area contributed by atoms with Crippen LogP contribution in [-0.4, -0.2) is 74.7 Å².